The van der Waals surface area contributed by atoms with Crippen LogP contribution in [0.5, 0.6) is 0 Å². The van der Waals surface area contributed by atoms with Crippen molar-refractivity contribution in [1.82, 2.24) is 0 Å². The summed E-state index contributed by atoms with van der Waals surface area (Å²) in [6.45, 7) is 2.02. The maximum atomic E-state index is 11.7. The van der Waals surface area contributed by atoms with Crippen LogP contribution in [0.2, 0.25) is 0 Å². The molecule has 0 aliphatic heterocycles. The number of hydrogen-bond donors (Lipinski definition) is 1. The van der Waals surface area contributed by atoms with Gasteiger partial charge in [-0.25, -0.2) is 0 Å². The van der Waals surface area contributed by atoms with Crippen molar-refractivity contribution < 1.29 is 9.90 Å². The fourth-order valence-electron chi connectivity index (χ4n) is 0.990. The van der Waals surface area contributed by atoms with Gasteiger partial charge in [-0.05, 0) is 34.7 Å². The average molecular weight is 336 g/mol. The lowest BCUT2D eigenvalue weighted by Crippen LogP contribution is -2.09. The van der Waals surface area contributed by atoms with E-state index in [1.165, 1.54) is 11.8 Å². The van der Waals surface area contributed by atoms with E-state index in [2.05, 4.69) is 22.6 Å². The van der Waals surface area contributed by atoms with Crippen LogP contribution in [0.1, 0.15) is 17.3 Å². The number of aliphatic hydroxyl groups excluding tert-OH is 1. The number of carbonyl (C=O) groups is 1. The van der Waals surface area contributed by atoms with Gasteiger partial charge in [0.25, 0.3) is 0 Å². The molecule has 1 rings (SSSR count). The molecule has 15 heavy (non-hydrogen) atoms. The molecule has 0 radical (unpaired) electrons. The van der Waals surface area contributed by atoms with Crippen LogP contribution in [0.25, 0.3) is 0 Å². The summed E-state index contributed by atoms with van der Waals surface area (Å²) < 4.78 is 1.13. The van der Waals surface area contributed by atoms with Gasteiger partial charge in [0.2, 0.25) is 0 Å². The second-order valence-corrected chi connectivity index (χ2v) is 5.91. The van der Waals surface area contributed by atoms with Gasteiger partial charge in [-0.1, -0.05) is 19.1 Å². The fraction of sp³-hybridized carbons (Fsp3) is 0.364. The average Bonchev–Trinajstić information content (AvgIpc) is 2.26. The van der Waals surface area contributed by atoms with Crippen LogP contribution in [-0.2, 0) is 0 Å². The van der Waals surface area contributed by atoms with E-state index in [0.717, 1.165) is 9.13 Å². The second-order valence-electron chi connectivity index (χ2n) is 3.23. The highest BCUT2D eigenvalue weighted by Crippen LogP contribution is 2.13. The molecule has 1 aromatic carbocycles. The third-order valence-corrected chi connectivity index (χ3v) is 3.79. The Hall–Kier alpha value is -0.0700. The first-order valence-corrected chi connectivity index (χ1v) is 6.77. The molecular formula is C11H13IO2S. The Balaban J connectivity index is 2.50. The van der Waals surface area contributed by atoms with Gasteiger partial charge < -0.3 is 5.11 Å². The van der Waals surface area contributed by atoms with Crippen molar-refractivity contribution in [3.63, 3.8) is 0 Å². The van der Waals surface area contributed by atoms with Crippen molar-refractivity contribution in [3.8, 4) is 0 Å². The highest BCUT2D eigenvalue weighted by atomic mass is 127. The molecule has 0 saturated carbocycles. The van der Waals surface area contributed by atoms with E-state index < -0.39 is 0 Å². The molecule has 0 amide bonds. The Kier molecular flexibility index (Phi) is 5.63. The van der Waals surface area contributed by atoms with Crippen LogP contribution in [0, 0.1) is 3.57 Å². The summed E-state index contributed by atoms with van der Waals surface area (Å²) >= 11 is 3.69. The number of aliphatic hydroxyl groups is 1. The first kappa shape index (κ1) is 13.0. The molecule has 82 valence electrons. The van der Waals surface area contributed by atoms with E-state index in [4.69, 9.17) is 5.11 Å². The molecule has 0 heterocycles. The van der Waals surface area contributed by atoms with Crippen LogP contribution in [-0.4, -0.2) is 28.5 Å². The zero-order valence-corrected chi connectivity index (χ0v) is 11.4. The summed E-state index contributed by atoms with van der Waals surface area (Å²) in [4.78, 5) is 11.7. The summed E-state index contributed by atoms with van der Waals surface area (Å²) in [5, 5.41) is 8.94. The van der Waals surface area contributed by atoms with Gasteiger partial charge in [-0.2, -0.15) is 0 Å². The molecule has 1 atom stereocenters. The standard InChI is InChI=1S/C11H13IO2S/c1-8(6-13)15-7-11(14)9-2-4-10(12)5-3-9/h2-5,8,13H,6-7H2,1H3. The van der Waals surface area contributed by atoms with Gasteiger partial charge in [0.05, 0.1) is 12.4 Å². The van der Waals surface area contributed by atoms with Crippen LogP contribution in [0.3, 0.4) is 0 Å². The number of ketones is 1. The molecule has 0 bridgehead atoms. The normalized spacial score (nSPS) is 12.5. The van der Waals surface area contributed by atoms with Gasteiger partial charge in [0.1, 0.15) is 0 Å². The van der Waals surface area contributed by atoms with Crippen LogP contribution in [0.4, 0.5) is 0 Å². The number of thioether (sulfide) groups is 1. The lowest BCUT2D eigenvalue weighted by molar-refractivity contribution is 0.102. The van der Waals surface area contributed by atoms with Crippen molar-refractivity contribution in [2.75, 3.05) is 12.4 Å². The van der Waals surface area contributed by atoms with Crippen molar-refractivity contribution in [2.45, 2.75) is 12.2 Å². The minimum absolute atomic E-state index is 0.116. The number of halogens is 1. The molecule has 1 N–H and O–H groups in total. The minimum atomic E-state index is 0.116. The zero-order valence-electron chi connectivity index (χ0n) is 8.44. The molecule has 0 aliphatic rings. The molecule has 0 fully saturated rings. The highest BCUT2D eigenvalue weighted by Gasteiger charge is 2.08. The molecule has 1 aromatic rings. The third-order valence-electron chi connectivity index (χ3n) is 1.92. The van der Waals surface area contributed by atoms with Crippen molar-refractivity contribution in [2.24, 2.45) is 0 Å². The van der Waals surface area contributed by atoms with E-state index >= 15 is 0 Å². The number of benzene rings is 1. The summed E-state index contributed by atoms with van der Waals surface area (Å²) in [7, 11) is 0. The number of carbonyl (C=O) groups excluding carboxylic acids is 1. The Morgan fingerprint density at radius 2 is 2.07 bits per heavy atom. The molecule has 0 spiro atoms. The minimum Gasteiger partial charge on any atom is -0.395 e. The molecule has 0 aromatic heterocycles. The van der Waals surface area contributed by atoms with E-state index in [1.807, 2.05) is 31.2 Å². The Morgan fingerprint density at radius 1 is 1.47 bits per heavy atom. The van der Waals surface area contributed by atoms with Gasteiger partial charge >= 0.3 is 0 Å². The summed E-state index contributed by atoms with van der Waals surface area (Å²) in [5.41, 5.74) is 0.744. The van der Waals surface area contributed by atoms with E-state index in [9.17, 15) is 4.79 Å². The van der Waals surface area contributed by atoms with Crippen molar-refractivity contribution in [3.05, 3.63) is 33.4 Å². The van der Waals surface area contributed by atoms with Crippen molar-refractivity contribution >= 4 is 40.1 Å². The highest BCUT2D eigenvalue weighted by molar-refractivity contribution is 14.1. The number of hydrogen-bond acceptors (Lipinski definition) is 3. The topological polar surface area (TPSA) is 37.3 Å². The number of Topliss-reactive ketones (excluding diaryl/α,β-unsaturated/α-hetero) is 1. The summed E-state index contributed by atoms with van der Waals surface area (Å²) in [6.07, 6.45) is 0. The quantitative estimate of drug-likeness (QED) is 0.663. The molecule has 0 aliphatic carbocycles. The Labute approximate surface area is 108 Å². The third kappa shape index (κ3) is 4.53. The lowest BCUT2D eigenvalue weighted by Gasteiger charge is -2.06. The monoisotopic (exact) mass is 336 g/mol. The SMILES string of the molecule is CC(CO)SCC(=O)c1ccc(I)cc1. The number of rotatable bonds is 5. The van der Waals surface area contributed by atoms with Crippen LogP contribution < -0.4 is 0 Å². The Morgan fingerprint density at radius 3 is 2.60 bits per heavy atom. The zero-order chi connectivity index (χ0) is 11.3. The van der Waals surface area contributed by atoms with E-state index in [0.29, 0.717) is 5.75 Å². The van der Waals surface area contributed by atoms with E-state index in [1.54, 1.807) is 0 Å². The van der Waals surface area contributed by atoms with Gasteiger partial charge in [0.15, 0.2) is 5.78 Å². The van der Waals surface area contributed by atoms with Gasteiger partial charge in [-0.3, -0.25) is 4.79 Å². The fourth-order valence-corrected chi connectivity index (χ4v) is 2.06. The van der Waals surface area contributed by atoms with Crippen LogP contribution in [0.15, 0.2) is 24.3 Å². The predicted octanol–water partition coefficient (Wildman–Crippen LogP) is 2.59. The van der Waals surface area contributed by atoms with Crippen molar-refractivity contribution in [1.29, 1.82) is 0 Å². The largest absolute Gasteiger partial charge is 0.395 e. The summed E-state index contributed by atoms with van der Waals surface area (Å²) in [6, 6.07) is 7.53. The first-order chi connectivity index (χ1) is 7.13. The smallest absolute Gasteiger partial charge is 0.172 e. The summed E-state index contributed by atoms with van der Waals surface area (Å²) in [5.74, 6) is 0.555. The maximum Gasteiger partial charge on any atom is 0.172 e. The first-order valence-electron chi connectivity index (χ1n) is 4.64. The van der Waals surface area contributed by atoms with Gasteiger partial charge in [-0.15, -0.1) is 11.8 Å². The lowest BCUT2D eigenvalue weighted by atomic mass is 10.2. The molecule has 2 nitrogen and oxygen atoms in total. The maximum absolute atomic E-state index is 11.7. The van der Waals surface area contributed by atoms with Crippen LogP contribution >= 0.6 is 34.4 Å². The molecule has 4 heteroatoms. The molecular weight excluding hydrogens is 323 g/mol. The molecule has 1 unspecified atom stereocenters. The Bertz CT molecular complexity index is 324. The predicted molar refractivity (Wildman–Crippen MR) is 72.5 cm³/mol. The molecule has 0 saturated heterocycles. The second kappa shape index (κ2) is 6.50. The van der Waals surface area contributed by atoms with Gasteiger partial charge in [0, 0.05) is 14.4 Å². The van der Waals surface area contributed by atoms with E-state index in [-0.39, 0.29) is 17.6 Å².